The van der Waals surface area contributed by atoms with Gasteiger partial charge in [-0.15, -0.1) is 0 Å². The van der Waals surface area contributed by atoms with Crippen LogP contribution in [0.15, 0.2) is 36.5 Å². The van der Waals surface area contributed by atoms with E-state index < -0.39 is 0 Å². The number of rotatable bonds is 3. The third-order valence-corrected chi connectivity index (χ3v) is 2.87. The van der Waals surface area contributed by atoms with Crippen LogP contribution in [0.25, 0.3) is 0 Å². The van der Waals surface area contributed by atoms with Gasteiger partial charge in [0.05, 0.1) is 6.20 Å². The average molecular weight is 214 g/mol. The first-order chi connectivity index (χ1) is 7.74. The highest BCUT2D eigenvalue weighted by atomic mass is 16.1. The molecule has 0 saturated heterocycles. The van der Waals surface area contributed by atoms with Gasteiger partial charge in [-0.1, -0.05) is 37.3 Å². The van der Waals surface area contributed by atoms with E-state index in [0.29, 0.717) is 5.69 Å². The van der Waals surface area contributed by atoms with Gasteiger partial charge in [0.2, 0.25) is 0 Å². The zero-order chi connectivity index (χ0) is 11.5. The van der Waals surface area contributed by atoms with Crippen LogP contribution in [0.1, 0.15) is 34.7 Å². The van der Waals surface area contributed by atoms with Crippen LogP contribution in [0.3, 0.4) is 0 Å². The fourth-order valence-electron chi connectivity index (χ4n) is 1.84. The smallest absolute Gasteiger partial charge is 0.168 e. The highest BCUT2D eigenvalue weighted by Crippen LogP contribution is 2.22. The molecule has 0 saturated carbocycles. The molecule has 82 valence electrons. The molecule has 1 heterocycles. The van der Waals surface area contributed by atoms with Gasteiger partial charge in [0, 0.05) is 13.0 Å². The van der Waals surface area contributed by atoms with Crippen molar-refractivity contribution in [2.24, 2.45) is 7.05 Å². The Hall–Kier alpha value is -1.90. The van der Waals surface area contributed by atoms with Gasteiger partial charge < -0.3 is 4.57 Å². The van der Waals surface area contributed by atoms with Gasteiger partial charge in [0.15, 0.2) is 6.29 Å². The lowest BCUT2D eigenvalue weighted by atomic mass is 10.0. The predicted octanol–water partition coefficient (Wildman–Crippen LogP) is 2.38. The molecule has 0 bridgehead atoms. The molecule has 1 atom stereocenters. The van der Waals surface area contributed by atoms with Crippen molar-refractivity contribution in [1.29, 1.82) is 0 Å². The summed E-state index contributed by atoms with van der Waals surface area (Å²) in [6.07, 6.45) is 2.44. The Balaban J connectivity index is 2.38. The maximum Gasteiger partial charge on any atom is 0.168 e. The van der Waals surface area contributed by atoms with E-state index in [2.05, 4.69) is 24.0 Å². The first-order valence-corrected chi connectivity index (χ1v) is 5.25. The first kappa shape index (κ1) is 10.6. The number of hydrogen-bond acceptors (Lipinski definition) is 2. The van der Waals surface area contributed by atoms with Crippen molar-refractivity contribution >= 4 is 6.29 Å². The van der Waals surface area contributed by atoms with Crippen molar-refractivity contribution in [3.63, 3.8) is 0 Å². The number of hydrogen-bond donors (Lipinski definition) is 0. The summed E-state index contributed by atoms with van der Waals surface area (Å²) in [7, 11) is 1.87. The van der Waals surface area contributed by atoms with E-state index >= 15 is 0 Å². The van der Waals surface area contributed by atoms with Crippen molar-refractivity contribution in [2.45, 2.75) is 12.8 Å². The molecule has 3 heteroatoms. The number of aromatic nitrogens is 2. The summed E-state index contributed by atoms with van der Waals surface area (Å²) in [5.74, 6) is 1.10. The minimum absolute atomic E-state index is 0.194. The average Bonchev–Trinajstić information content (AvgIpc) is 2.70. The van der Waals surface area contributed by atoms with Crippen LogP contribution < -0.4 is 0 Å². The molecule has 0 aliphatic carbocycles. The Bertz CT molecular complexity index is 488. The predicted molar refractivity (Wildman–Crippen MR) is 62.6 cm³/mol. The maximum atomic E-state index is 10.7. The van der Waals surface area contributed by atoms with Gasteiger partial charge in [-0.3, -0.25) is 4.79 Å². The number of carbonyl (C=O) groups excluding carboxylic acids is 1. The van der Waals surface area contributed by atoms with Gasteiger partial charge in [-0.25, -0.2) is 4.98 Å². The lowest BCUT2D eigenvalue weighted by molar-refractivity contribution is 0.111. The van der Waals surface area contributed by atoms with Crippen LogP contribution in [-0.2, 0) is 7.05 Å². The van der Waals surface area contributed by atoms with Gasteiger partial charge in [0.1, 0.15) is 11.5 Å². The minimum Gasteiger partial charge on any atom is -0.328 e. The summed E-state index contributed by atoms with van der Waals surface area (Å²) < 4.78 is 1.84. The van der Waals surface area contributed by atoms with Gasteiger partial charge in [0.25, 0.3) is 0 Å². The zero-order valence-electron chi connectivity index (χ0n) is 9.42. The molecular formula is C13H14N2O. The van der Waals surface area contributed by atoms with Gasteiger partial charge in [-0.05, 0) is 5.56 Å². The monoisotopic (exact) mass is 214 g/mol. The number of aldehydes is 1. The molecule has 0 aliphatic rings. The molecule has 0 aliphatic heterocycles. The summed E-state index contributed by atoms with van der Waals surface area (Å²) in [6.45, 7) is 2.09. The number of imidazole rings is 1. The van der Waals surface area contributed by atoms with E-state index in [-0.39, 0.29) is 5.92 Å². The second kappa shape index (κ2) is 4.31. The standard InChI is InChI=1S/C13H14N2O/c1-10(11-6-4-3-5-7-11)13-14-8-12(9-16)15(13)2/h3-10H,1-2H3. The molecular weight excluding hydrogens is 200 g/mol. The summed E-state index contributed by atoms with van der Waals surface area (Å²) >= 11 is 0. The Morgan fingerprint density at radius 3 is 2.56 bits per heavy atom. The zero-order valence-corrected chi connectivity index (χ0v) is 9.42. The molecule has 0 N–H and O–H groups in total. The van der Waals surface area contributed by atoms with Crippen LogP contribution in [0.4, 0.5) is 0 Å². The maximum absolute atomic E-state index is 10.7. The Labute approximate surface area is 94.7 Å². The van der Waals surface area contributed by atoms with Crippen molar-refractivity contribution in [3.05, 3.63) is 53.6 Å². The topological polar surface area (TPSA) is 34.9 Å². The van der Waals surface area contributed by atoms with Gasteiger partial charge in [-0.2, -0.15) is 0 Å². The molecule has 2 rings (SSSR count). The second-order valence-corrected chi connectivity index (χ2v) is 3.85. The van der Waals surface area contributed by atoms with Crippen LogP contribution in [0, 0.1) is 0 Å². The van der Waals surface area contributed by atoms with E-state index in [9.17, 15) is 4.79 Å². The van der Waals surface area contributed by atoms with Crippen molar-refractivity contribution in [1.82, 2.24) is 9.55 Å². The summed E-state index contributed by atoms with van der Waals surface area (Å²) in [6, 6.07) is 10.1. The largest absolute Gasteiger partial charge is 0.328 e. The summed E-state index contributed by atoms with van der Waals surface area (Å²) in [5, 5.41) is 0. The van der Waals surface area contributed by atoms with Crippen molar-refractivity contribution in [2.75, 3.05) is 0 Å². The molecule has 1 aromatic heterocycles. The van der Waals surface area contributed by atoms with E-state index in [4.69, 9.17) is 0 Å². The van der Waals surface area contributed by atoms with E-state index in [1.54, 1.807) is 6.20 Å². The number of carbonyl (C=O) groups is 1. The molecule has 0 fully saturated rings. The third kappa shape index (κ3) is 1.76. The van der Waals surface area contributed by atoms with E-state index in [1.807, 2.05) is 29.8 Å². The molecule has 1 aromatic carbocycles. The SMILES string of the molecule is CC(c1ccccc1)c1ncc(C=O)n1C. The number of benzene rings is 1. The van der Waals surface area contributed by atoms with Crippen LogP contribution in [-0.4, -0.2) is 15.8 Å². The lowest BCUT2D eigenvalue weighted by Gasteiger charge is -2.11. The molecule has 3 nitrogen and oxygen atoms in total. The van der Waals surface area contributed by atoms with Crippen molar-refractivity contribution in [3.8, 4) is 0 Å². The fraction of sp³-hybridized carbons (Fsp3) is 0.231. The van der Waals surface area contributed by atoms with Crippen LogP contribution in [0.2, 0.25) is 0 Å². The van der Waals surface area contributed by atoms with E-state index in [0.717, 1.165) is 12.1 Å². The first-order valence-electron chi connectivity index (χ1n) is 5.25. The van der Waals surface area contributed by atoms with Crippen molar-refractivity contribution < 1.29 is 4.79 Å². The third-order valence-electron chi connectivity index (χ3n) is 2.87. The minimum atomic E-state index is 0.194. The Kier molecular flexibility index (Phi) is 2.86. The highest BCUT2D eigenvalue weighted by molar-refractivity contribution is 5.71. The summed E-state index contributed by atoms with van der Waals surface area (Å²) in [5.41, 5.74) is 1.81. The highest BCUT2D eigenvalue weighted by Gasteiger charge is 2.14. The molecule has 0 amide bonds. The quantitative estimate of drug-likeness (QED) is 0.735. The molecule has 0 radical (unpaired) electrons. The van der Waals surface area contributed by atoms with Crippen LogP contribution in [0.5, 0.6) is 0 Å². The molecule has 0 spiro atoms. The molecule has 1 unspecified atom stereocenters. The van der Waals surface area contributed by atoms with E-state index in [1.165, 1.54) is 5.56 Å². The Morgan fingerprint density at radius 1 is 1.31 bits per heavy atom. The van der Waals surface area contributed by atoms with Crippen LogP contribution >= 0.6 is 0 Å². The van der Waals surface area contributed by atoms with Gasteiger partial charge >= 0.3 is 0 Å². The lowest BCUT2D eigenvalue weighted by Crippen LogP contribution is -2.06. The second-order valence-electron chi connectivity index (χ2n) is 3.85. The fourth-order valence-corrected chi connectivity index (χ4v) is 1.84. The molecule has 2 aromatic rings. The summed E-state index contributed by atoms with van der Waals surface area (Å²) in [4.78, 5) is 15.0. The normalized spacial score (nSPS) is 12.4. The molecule has 16 heavy (non-hydrogen) atoms. The Morgan fingerprint density at radius 2 is 2.00 bits per heavy atom. The number of nitrogens with zero attached hydrogens (tertiary/aromatic N) is 2.